The normalized spacial score (nSPS) is 12.0. The van der Waals surface area contributed by atoms with Crippen molar-refractivity contribution in [2.75, 3.05) is 6.54 Å². The van der Waals surface area contributed by atoms with Crippen molar-refractivity contribution in [1.29, 1.82) is 0 Å². The first-order valence-electron chi connectivity index (χ1n) is 6.85. The number of benzene rings is 1. The molecule has 1 atom stereocenters. The molecule has 0 aliphatic carbocycles. The minimum absolute atomic E-state index is 0.176. The number of carbonyl (C=O) groups is 1. The average Bonchev–Trinajstić information content (AvgIpc) is 2.37. The van der Waals surface area contributed by atoms with Crippen molar-refractivity contribution in [2.24, 2.45) is 11.7 Å². The first-order chi connectivity index (χ1) is 9.81. The third kappa shape index (κ3) is 5.89. The smallest absolute Gasteiger partial charge is 0.260 e. The Bertz CT molecular complexity index is 520. The van der Waals surface area contributed by atoms with Gasteiger partial charge in [-0.25, -0.2) is 0 Å². The molecule has 0 aliphatic rings. The molecule has 0 saturated carbocycles. The Hall–Kier alpha value is -1.33. The number of amides is 1. The molecule has 3 N–H and O–H groups in total. The number of thiocarbonyl (C=S) groups is 1. The highest BCUT2D eigenvalue weighted by Crippen LogP contribution is 2.24. The van der Waals surface area contributed by atoms with Crippen molar-refractivity contribution in [3.63, 3.8) is 0 Å². The van der Waals surface area contributed by atoms with Gasteiger partial charge in [0.05, 0.1) is 5.56 Å². The Balaban J connectivity index is 2.69. The zero-order valence-electron chi connectivity index (χ0n) is 12.5. The predicted octanol–water partition coefficient (Wildman–Crippen LogP) is 2.90. The number of hydrogen-bond acceptors (Lipinski definition) is 3. The summed E-state index contributed by atoms with van der Waals surface area (Å²) in [7, 11) is 0. The van der Waals surface area contributed by atoms with Crippen molar-refractivity contribution in [3.05, 3.63) is 28.8 Å². The number of nitrogens with two attached hydrogens (primary N) is 1. The number of rotatable bonds is 7. The van der Waals surface area contributed by atoms with Gasteiger partial charge in [0.2, 0.25) is 0 Å². The summed E-state index contributed by atoms with van der Waals surface area (Å²) in [6, 6.07) is 4.97. The first kappa shape index (κ1) is 17.7. The van der Waals surface area contributed by atoms with Crippen LogP contribution >= 0.6 is 23.8 Å². The molecule has 0 radical (unpaired) electrons. The van der Waals surface area contributed by atoms with E-state index in [1.807, 2.05) is 0 Å². The lowest BCUT2D eigenvalue weighted by Crippen LogP contribution is -2.37. The fraction of sp³-hybridized carbons (Fsp3) is 0.467. The van der Waals surface area contributed by atoms with E-state index in [1.54, 1.807) is 25.1 Å². The Morgan fingerprint density at radius 1 is 1.43 bits per heavy atom. The van der Waals surface area contributed by atoms with Crippen LogP contribution in [-0.2, 0) is 4.79 Å². The summed E-state index contributed by atoms with van der Waals surface area (Å²) in [5.41, 5.74) is 6.20. The minimum atomic E-state index is -0.649. The van der Waals surface area contributed by atoms with Crippen LogP contribution in [0.5, 0.6) is 5.75 Å². The van der Waals surface area contributed by atoms with Crippen molar-refractivity contribution in [3.8, 4) is 5.75 Å². The van der Waals surface area contributed by atoms with Crippen molar-refractivity contribution in [1.82, 2.24) is 5.32 Å². The SMILES string of the molecule is CC(C)CCNC(=O)C(C)Oc1cc(Cl)ccc1C(N)=S. The van der Waals surface area contributed by atoms with Gasteiger partial charge in [-0.05, 0) is 37.5 Å². The molecule has 21 heavy (non-hydrogen) atoms. The second-order valence-corrected chi connectivity index (χ2v) is 6.11. The number of nitrogens with one attached hydrogen (secondary N) is 1. The maximum atomic E-state index is 12.0. The van der Waals surface area contributed by atoms with Gasteiger partial charge < -0.3 is 15.8 Å². The lowest BCUT2D eigenvalue weighted by molar-refractivity contribution is -0.127. The molecule has 1 aromatic carbocycles. The molecule has 4 nitrogen and oxygen atoms in total. The standard InChI is InChI=1S/C15H21ClN2O2S/c1-9(2)6-7-18-15(19)10(3)20-13-8-11(16)4-5-12(13)14(17)21/h4-5,8-10H,6-7H2,1-3H3,(H2,17,21)(H,18,19). The van der Waals surface area contributed by atoms with Crippen molar-refractivity contribution in [2.45, 2.75) is 33.3 Å². The van der Waals surface area contributed by atoms with E-state index < -0.39 is 6.10 Å². The van der Waals surface area contributed by atoms with E-state index >= 15 is 0 Å². The van der Waals surface area contributed by atoms with E-state index in [9.17, 15) is 4.79 Å². The summed E-state index contributed by atoms with van der Waals surface area (Å²) < 4.78 is 5.64. The monoisotopic (exact) mass is 328 g/mol. The van der Waals surface area contributed by atoms with Gasteiger partial charge in [-0.1, -0.05) is 37.7 Å². The maximum absolute atomic E-state index is 12.0. The molecule has 0 aliphatic heterocycles. The summed E-state index contributed by atoms with van der Waals surface area (Å²) in [6.07, 6.45) is 0.275. The summed E-state index contributed by atoms with van der Waals surface area (Å²) in [6.45, 7) is 6.51. The van der Waals surface area contributed by atoms with Crippen LogP contribution in [0.2, 0.25) is 5.02 Å². The molecule has 1 rings (SSSR count). The van der Waals surface area contributed by atoms with Crippen LogP contribution < -0.4 is 15.8 Å². The van der Waals surface area contributed by atoms with Crippen LogP contribution in [0.15, 0.2) is 18.2 Å². The van der Waals surface area contributed by atoms with Crippen molar-refractivity contribution >= 4 is 34.7 Å². The molecule has 0 heterocycles. The largest absolute Gasteiger partial charge is 0.480 e. The number of ether oxygens (including phenoxy) is 1. The predicted molar refractivity (Wildman–Crippen MR) is 89.9 cm³/mol. The highest BCUT2D eigenvalue weighted by atomic mass is 35.5. The van der Waals surface area contributed by atoms with Crippen molar-refractivity contribution < 1.29 is 9.53 Å². The molecule has 0 saturated heterocycles. The van der Waals surface area contributed by atoms with E-state index in [2.05, 4.69) is 19.2 Å². The maximum Gasteiger partial charge on any atom is 0.260 e. The molecule has 6 heteroatoms. The fourth-order valence-corrected chi connectivity index (χ4v) is 2.00. The Labute approximate surface area is 136 Å². The number of halogens is 1. The molecule has 1 unspecified atom stereocenters. The van der Waals surface area contributed by atoms with Gasteiger partial charge in [-0.15, -0.1) is 0 Å². The molecular weight excluding hydrogens is 308 g/mol. The van der Waals surface area contributed by atoms with Gasteiger partial charge >= 0.3 is 0 Å². The van der Waals surface area contributed by atoms with Gasteiger partial charge in [0.25, 0.3) is 5.91 Å². The van der Waals surface area contributed by atoms with Crippen LogP contribution in [0.3, 0.4) is 0 Å². The lowest BCUT2D eigenvalue weighted by Gasteiger charge is -2.17. The fourth-order valence-electron chi connectivity index (χ4n) is 1.67. The third-order valence-corrected chi connectivity index (χ3v) is 3.36. The first-order valence-corrected chi connectivity index (χ1v) is 7.63. The highest BCUT2D eigenvalue weighted by Gasteiger charge is 2.17. The molecular formula is C15H21ClN2O2S. The topological polar surface area (TPSA) is 64.3 Å². The zero-order valence-corrected chi connectivity index (χ0v) is 14.1. The summed E-state index contributed by atoms with van der Waals surface area (Å²) in [5.74, 6) is 0.779. The van der Waals surface area contributed by atoms with Gasteiger partial charge in [-0.3, -0.25) is 4.79 Å². The minimum Gasteiger partial charge on any atom is -0.480 e. The second-order valence-electron chi connectivity index (χ2n) is 5.24. The zero-order chi connectivity index (χ0) is 16.0. The van der Waals surface area contributed by atoms with Gasteiger partial charge in [0.1, 0.15) is 10.7 Å². The second kappa shape index (κ2) is 8.20. The Morgan fingerprint density at radius 3 is 2.67 bits per heavy atom. The summed E-state index contributed by atoms with van der Waals surface area (Å²) in [4.78, 5) is 12.2. The van der Waals surface area contributed by atoms with Gasteiger partial charge in [0, 0.05) is 11.6 Å². The van der Waals surface area contributed by atoms with E-state index in [0.717, 1.165) is 6.42 Å². The lowest BCUT2D eigenvalue weighted by atomic mass is 10.1. The van der Waals surface area contributed by atoms with E-state index in [4.69, 9.17) is 34.3 Å². The molecule has 0 aromatic heterocycles. The summed E-state index contributed by atoms with van der Waals surface area (Å²) >= 11 is 10.9. The van der Waals surface area contributed by atoms with Crippen LogP contribution in [0.4, 0.5) is 0 Å². The van der Waals surface area contributed by atoms with Crippen LogP contribution in [0.25, 0.3) is 0 Å². The molecule has 0 spiro atoms. The van der Waals surface area contributed by atoms with E-state index in [0.29, 0.717) is 28.8 Å². The number of carbonyl (C=O) groups excluding carboxylic acids is 1. The molecule has 0 bridgehead atoms. The highest BCUT2D eigenvalue weighted by molar-refractivity contribution is 7.80. The van der Waals surface area contributed by atoms with E-state index in [1.165, 1.54) is 0 Å². The van der Waals surface area contributed by atoms with Crippen LogP contribution in [0.1, 0.15) is 32.8 Å². The molecule has 116 valence electrons. The van der Waals surface area contributed by atoms with Crippen LogP contribution in [-0.4, -0.2) is 23.5 Å². The average molecular weight is 329 g/mol. The number of hydrogen-bond donors (Lipinski definition) is 2. The quantitative estimate of drug-likeness (QED) is 0.755. The molecule has 1 amide bonds. The van der Waals surface area contributed by atoms with Gasteiger partial charge in [0.15, 0.2) is 6.10 Å². The molecule has 1 aromatic rings. The Morgan fingerprint density at radius 2 is 2.10 bits per heavy atom. The third-order valence-electron chi connectivity index (χ3n) is 2.90. The van der Waals surface area contributed by atoms with Gasteiger partial charge in [-0.2, -0.15) is 0 Å². The van der Waals surface area contributed by atoms with E-state index in [-0.39, 0.29) is 10.9 Å². The van der Waals surface area contributed by atoms with Crippen LogP contribution in [0, 0.1) is 5.92 Å². The molecule has 0 fully saturated rings. The summed E-state index contributed by atoms with van der Waals surface area (Å²) in [5, 5.41) is 3.33. The Kier molecular flexibility index (Phi) is 6.92.